The number of carbonyl (C=O) groups excluding carboxylic acids is 1. The van der Waals surface area contributed by atoms with Crippen molar-refractivity contribution in [3.05, 3.63) is 54.3 Å². The second kappa shape index (κ2) is 7.66. The van der Waals surface area contributed by atoms with Gasteiger partial charge in [-0.25, -0.2) is 4.98 Å². The van der Waals surface area contributed by atoms with E-state index in [1.165, 1.54) is 18.3 Å². The van der Waals surface area contributed by atoms with E-state index >= 15 is 0 Å². The van der Waals surface area contributed by atoms with Crippen molar-refractivity contribution in [1.29, 1.82) is 0 Å². The fraction of sp³-hybridized carbons (Fsp3) is 0.333. The van der Waals surface area contributed by atoms with Gasteiger partial charge >= 0.3 is 12.1 Å². The predicted molar refractivity (Wildman–Crippen MR) is 94.6 cm³/mol. The Hall–Kier alpha value is -3.21. The smallest absolute Gasteiger partial charge is 0.416 e. The molecule has 29 heavy (non-hydrogen) atoms. The Labute approximate surface area is 163 Å². The minimum Gasteiger partial charge on any atom is -0.432 e. The first-order chi connectivity index (χ1) is 13.9. The van der Waals surface area contributed by atoms with Gasteiger partial charge in [-0.2, -0.15) is 13.2 Å². The van der Waals surface area contributed by atoms with Crippen LogP contribution in [0.4, 0.5) is 13.2 Å². The molecule has 0 radical (unpaired) electrons. The molecule has 8 nitrogen and oxygen atoms in total. The van der Waals surface area contributed by atoms with E-state index in [0.717, 1.165) is 12.1 Å². The maximum atomic E-state index is 12.9. The van der Waals surface area contributed by atoms with Crippen LogP contribution in [0, 0.1) is 0 Å². The zero-order valence-corrected chi connectivity index (χ0v) is 15.1. The van der Waals surface area contributed by atoms with Gasteiger partial charge in [-0.1, -0.05) is 17.3 Å². The molecule has 3 heterocycles. The molecule has 152 valence electrons. The zero-order chi connectivity index (χ0) is 20.4. The number of aromatic nitrogens is 4. The third kappa shape index (κ3) is 4.45. The summed E-state index contributed by atoms with van der Waals surface area (Å²) < 4.78 is 45.7. The van der Waals surface area contributed by atoms with E-state index in [9.17, 15) is 18.0 Å². The molecule has 3 aromatic rings. The van der Waals surface area contributed by atoms with Crippen LogP contribution in [0.5, 0.6) is 0 Å². The summed E-state index contributed by atoms with van der Waals surface area (Å²) in [7, 11) is 0. The van der Waals surface area contributed by atoms with Crippen molar-refractivity contribution >= 4 is 5.91 Å². The number of halogens is 3. The van der Waals surface area contributed by atoms with E-state index in [1.807, 2.05) is 0 Å². The number of nitrogens with zero attached hydrogens (tertiary/aromatic N) is 4. The fourth-order valence-electron chi connectivity index (χ4n) is 3.23. The number of rotatable bonds is 5. The molecule has 11 heteroatoms. The standard InChI is InChI=1S/C18H17F3N6O2/c19-18(20,21)12-3-1-2-11(6-12)15-9-23-17(29-15)16(28)25-13-7-14(22-8-13)10-27-5-4-24-26-27/h1-6,9,13-14,22H,7-8,10H2,(H,25,28)/t13-,14+/m1/s1. The van der Waals surface area contributed by atoms with Crippen LogP contribution in [0.1, 0.15) is 22.7 Å². The molecular formula is C18H17F3N6O2. The molecule has 1 fully saturated rings. The third-order valence-corrected chi connectivity index (χ3v) is 4.61. The lowest BCUT2D eigenvalue weighted by Gasteiger charge is -2.11. The molecule has 1 aromatic carbocycles. The maximum Gasteiger partial charge on any atom is 0.416 e. The van der Waals surface area contributed by atoms with Crippen molar-refractivity contribution in [2.24, 2.45) is 0 Å². The van der Waals surface area contributed by atoms with Crippen molar-refractivity contribution < 1.29 is 22.4 Å². The van der Waals surface area contributed by atoms with Crippen LogP contribution in [-0.2, 0) is 12.7 Å². The normalized spacial score (nSPS) is 19.4. The molecule has 1 saturated heterocycles. The lowest BCUT2D eigenvalue weighted by atomic mass is 10.1. The van der Waals surface area contributed by atoms with Crippen molar-refractivity contribution in [3.63, 3.8) is 0 Å². The predicted octanol–water partition coefficient (Wildman–Crippen LogP) is 2.11. The molecule has 1 aliphatic rings. The second-order valence-corrected chi connectivity index (χ2v) is 6.74. The molecule has 0 bridgehead atoms. The average molecular weight is 406 g/mol. The Morgan fingerprint density at radius 3 is 3.00 bits per heavy atom. The van der Waals surface area contributed by atoms with Gasteiger partial charge in [0.05, 0.1) is 24.5 Å². The molecule has 4 rings (SSSR count). The summed E-state index contributed by atoms with van der Waals surface area (Å²) in [6, 6.07) is 4.67. The maximum absolute atomic E-state index is 12.9. The quantitative estimate of drug-likeness (QED) is 0.674. The summed E-state index contributed by atoms with van der Waals surface area (Å²) in [4.78, 5) is 16.3. The highest BCUT2D eigenvalue weighted by Gasteiger charge is 2.31. The van der Waals surface area contributed by atoms with Crippen molar-refractivity contribution in [2.45, 2.75) is 31.2 Å². The largest absolute Gasteiger partial charge is 0.432 e. The number of hydrogen-bond acceptors (Lipinski definition) is 6. The molecule has 0 saturated carbocycles. The van der Waals surface area contributed by atoms with Gasteiger partial charge < -0.3 is 15.1 Å². The summed E-state index contributed by atoms with van der Waals surface area (Å²) in [6.45, 7) is 1.21. The first kappa shape index (κ1) is 19.1. The Morgan fingerprint density at radius 1 is 1.38 bits per heavy atom. The molecular weight excluding hydrogens is 389 g/mol. The summed E-state index contributed by atoms with van der Waals surface area (Å²) in [5.74, 6) is -0.622. The number of oxazole rings is 1. The summed E-state index contributed by atoms with van der Waals surface area (Å²) in [6.07, 6.45) is 0.820. The van der Waals surface area contributed by atoms with Gasteiger partial charge in [0.15, 0.2) is 5.76 Å². The van der Waals surface area contributed by atoms with Crippen molar-refractivity contribution in [3.8, 4) is 11.3 Å². The van der Waals surface area contributed by atoms with Crippen molar-refractivity contribution in [2.75, 3.05) is 6.54 Å². The first-order valence-electron chi connectivity index (χ1n) is 8.90. The van der Waals surface area contributed by atoms with Gasteiger partial charge in [0.25, 0.3) is 5.89 Å². The molecule has 0 spiro atoms. The lowest BCUT2D eigenvalue weighted by molar-refractivity contribution is -0.137. The van der Waals surface area contributed by atoms with Crippen LogP contribution >= 0.6 is 0 Å². The van der Waals surface area contributed by atoms with Gasteiger partial charge in [-0.05, 0) is 18.6 Å². The van der Waals surface area contributed by atoms with E-state index < -0.39 is 17.6 Å². The van der Waals surface area contributed by atoms with Gasteiger partial charge in [0, 0.05) is 30.4 Å². The monoisotopic (exact) mass is 406 g/mol. The highest BCUT2D eigenvalue weighted by atomic mass is 19.4. The van der Waals surface area contributed by atoms with Gasteiger partial charge in [-0.15, -0.1) is 5.10 Å². The van der Waals surface area contributed by atoms with Crippen LogP contribution < -0.4 is 10.6 Å². The number of nitrogens with one attached hydrogen (secondary N) is 2. The number of benzene rings is 1. The Kier molecular flexibility index (Phi) is 5.05. The fourth-order valence-corrected chi connectivity index (χ4v) is 3.23. The molecule has 0 unspecified atom stereocenters. The summed E-state index contributed by atoms with van der Waals surface area (Å²) >= 11 is 0. The van der Waals surface area contributed by atoms with Gasteiger partial charge in [-0.3, -0.25) is 9.48 Å². The van der Waals surface area contributed by atoms with E-state index in [2.05, 4.69) is 25.9 Å². The number of carbonyl (C=O) groups is 1. The van der Waals surface area contributed by atoms with Crippen LogP contribution in [-0.4, -0.2) is 44.5 Å². The highest BCUT2D eigenvalue weighted by Crippen LogP contribution is 2.32. The Bertz CT molecular complexity index is 986. The van der Waals surface area contributed by atoms with E-state index in [0.29, 0.717) is 19.5 Å². The molecule has 0 aliphatic carbocycles. The lowest BCUT2D eigenvalue weighted by Crippen LogP contribution is -2.36. The van der Waals surface area contributed by atoms with Gasteiger partial charge in [0.2, 0.25) is 0 Å². The molecule has 2 N–H and O–H groups in total. The number of alkyl halides is 3. The molecule has 1 amide bonds. The van der Waals surface area contributed by atoms with Crippen LogP contribution in [0.25, 0.3) is 11.3 Å². The van der Waals surface area contributed by atoms with Crippen LogP contribution in [0.2, 0.25) is 0 Å². The molecule has 2 aromatic heterocycles. The average Bonchev–Trinajstić information content (AvgIpc) is 3.43. The minimum absolute atomic E-state index is 0.0925. The van der Waals surface area contributed by atoms with Crippen molar-refractivity contribution in [1.82, 2.24) is 30.6 Å². The zero-order valence-electron chi connectivity index (χ0n) is 15.1. The minimum atomic E-state index is -4.46. The molecule has 2 atom stereocenters. The Morgan fingerprint density at radius 2 is 2.24 bits per heavy atom. The molecule has 1 aliphatic heterocycles. The second-order valence-electron chi connectivity index (χ2n) is 6.74. The third-order valence-electron chi connectivity index (χ3n) is 4.61. The topological polar surface area (TPSA) is 97.9 Å². The highest BCUT2D eigenvalue weighted by molar-refractivity contribution is 5.90. The van der Waals surface area contributed by atoms with Crippen LogP contribution in [0.15, 0.2) is 47.3 Å². The SMILES string of the molecule is O=C(N[C@H]1CN[C@H](Cn2ccnn2)C1)c1ncc(-c2cccc(C(F)(F)F)c2)o1. The van der Waals surface area contributed by atoms with Gasteiger partial charge in [0.1, 0.15) is 0 Å². The number of hydrogen-bond donors (Lipinski definition) is 2. The Balaban J connectivity index is 1.38. The van der Waals surface area contributed by atoms with E-state index in [-0.39, 0.29) is 29.3 Å². The first-order valence-corrected chi connectivity index (χ1v) is 8.90. The summed E-state index contributed by atoms with van der Waals surface area (Å²) in [5.41, 5.74) is -0.602. The van der Waals surface area contributed by atoms with E-state index in [1.54, 1.807) is 17.1 Å². The number of amides is 1. The van der Waals surface area contributed by atoms with Crippen LogP contribution in [0.3, 0.4) is 0 Å². The summed E-state index contributed by atoms with van der Waals surface area (Å²) in [5, 5.41) is 13.8. The van der Waals surface area contributed by atoms with E-state index in [4.69, 9.17) is 4.42 Å².